The maximum atomic E-state index is 4.23. The van der Waals surface area contributed by atoms with Crippen molar-refractivity contribution in [3.63, 3.8) is 0 Å². The van der Waals surface area contributed by atoms with Crippen molar-refractivity contribution in [2.45, 2.75) is 0 Å². The number of nitrogens with zero attached hydrogens (tertiary/aromatic N) is 3. The summed E-state index contributed by atoms with van der Waals surface area (Å²) in [6.45, 7) is 0. The van der Waals surface area contributed by atoms with Crippen molar-refractivity contribution >= 4 is 27.8 Å². The van der Waals surface area contributed by atoms with Crippen molar-refractivity contribution in [1.29, 1.82) is 0 Å². The van der Waals surface area contributed by atoms with Crippen molar-refractivity contribution in [2.24, 2.45) is 5.10 Å². The molecule has 0 atom stereocenters. The predicted molar refractivity (Wildman–Crippen MR) is 88.9 cm³/mol. The van der Waals surface area contributed by atoms with Gasteiger partial charge in [-0.15, -0.1) is 0 Å². The van der Waals surface area contributed by atoms with Crippen LogP contribution in [0.1, 0.15) is 5.56 Å². The molecule has 0 spiro atoms. The molecule has 1 N–H and O–H groups in total. The maximum Gasteiger partial charge on any atom is 0.0787 e. The Kier molecular flexibility index (Phi) is 4.12. The molecular weight excluding hydrogens is 328 g/mol. The van der Waals surface area contributed by atoms with E-state index in [4.69, 9.17) is 0 Å². The van der Waals surface area contributed by atoms with Crippen LogP contribution in [0.5, 0.6) is 0 Å². The monoisotopic (exact) mass is 340 g/mol. The van der Waals surface area contributed by atoms with E-state index in [1.54, 1.807) is 12.4 Å². The van der Waals surface area contributed by atoms with E-state index in [9.17, 15) is 0 Å². The van der Waals surface area contributed by atoms with Crippen LogP contribution < -0.4 is 5.43 Å². The average Bonchev–Trinajstić information content (AvgIpc) is 3.02. The first-order valence-electron chi connectivity index (χ1n) is 6.46. The van der Waals surface area contributed by atoms with Crippen molar-refractivity contribution in [1.82, 2.24) is 9.78 Å². The number of hydrazone groups is 1. The molecule has 0 saturated carbocycles. The van der Waals surface area contributed by atoms with Crippen LogP contribution in [0.3, 0.4) is 0 Å². The summed E-state index contributed by atoms with van der Waals surface area (Å²) in [5, 5.41) is 8.45. The fourth-order valence-corrected chi connectivity index (χ4v) is 2.47. The van der Waals surface area contributed by atoms with Gasteiger partial charge < -0.3 is 0 Å². The Morgan fingerprint density at radius 1 is 1.10 bits per heavy atom. The minimum absolute atomic E-state index is 0.959. The molecule has 0 radical (unpaired) electrons. The Bertz CT molecular complexity index is 736. The molecule has 2 aromatic carbocycles. The third kappa shape index (κ3) is 3.38. The first-order valence-corrected chi connectivity index (χ1v) is 7.26. The van der Waals surface area contributed by atoms with Crippen molar-refractivity contribution in [3.05, 3.63) is 77.0 Å². The Labute approximate surface area is 131 Å². The molecule has 104 valence electrons. The summed E-state index contributed by atoms with van der Waals surface area (Å²) in [6, 6.07) is 17.7. The largest absolute Gasteiger partial charge is 0.279 e. The highest BCUT2D eigenvalue weighted by atomic mass is 79.9. The van der Waals surface area contributed by atoms with Crippen molar-refractivity contribution in [2.75, 3.05) is 5.43 Å². The lowest BCUT2D eigenvalue weighted by molar-refractivity contribution is 0.876. The normalized spacial score (nSPS) is 10.9. The van der Waals surface area contributed by atoms with Gasteiger partial charge in [-0.1, -0.05) is 24.3 Å². The van der Waals surface area contributed by atoms with Crippen LogP contribution in [-0.2, 0) is 0 Å². The van der Waals surface area contributed by atoms with E-state index in [1.807, 2.05) is 65.5 Å². The second kappa shape index (κ2) is 6.37. The molecule has 4 nitrogen and oxygen atoms in total. The number of aromatic nitrogens is 2. The van der Waals surface area contributed by atoms with Crippen molar-refractivity contribution < 1.29 is 0 Å². The molecule has 1 heterocycles. The number of halogens is 1. The molecule has 1 aromatic heterocycles. The number of benzene rings is 2. The van der Waals surface area contributed by atoms with E-state index in [0.717, 1.165) is 21.4 Å². The molecule has 3 rings (SSSR count). The molecule has 0 bridgehead atoms. The molecule has 5 heteroatoms. The minimum Gasteiger partial charge on any atom is -0.279 e. The molecule has 21 heavy (non-hydrogen) atoms. The standard InChI is InChI=1S/C16H13BrN4/c17-15-11-13(7-8-16(15)21-10-4-9-19-21)12-18-20-14-5-2-1-3-6-14/h1-12,20H. The lowest BCUT2D eigenvalue weighted by atomic mass is 10.2. The topological polar surface area (TPSA) is 42.2 Å². The lowest BCUT2D eigenvalue weighted by Crippen LogP contribution is -1.96. The summed E-state index contributed by atoms with van der Waals surface area (Å²) in [7, 11) is 0. The number of nitrogens with one attached hydrogen (secondary N) is 1. The van der Waals surface area contributed by atoms with Crippen LogP contribution >= 0.6 is 15.9 Å². The summed E-state index contributed by atoms with van der Waals surface area (Å²) >= 11 is 3.56. The van der Waals surface area contributed by atoms with Crippen LogP contribution in [0.2, 0.25) is 0 Å². The van der Waals surface area contributed by atoms with Crippen LogP contribution in [0.4, 0.5) is 5.69 Å². The van der Waals surface area contributed by atoms with E-state index in [-0.39, 0.29) is 0 Å². The number of anilines is 1. The summed E-state index contributed by atoms with van der Waals surface area (Å²) in [6.07, 6.45) is 5.45. The average molecular weight is 341 g/mol. The zero-order valence-corrected chi connectivity index (χ0v) is 12.7. The van der Waals surface area contributed by atoms with Gasteiger partial charge in [0.25, 0.3) is 0 Å². The Balaban J connectivity index is 1.74. The molecule has 0 amide bonds. The fourth-order valence-electron chi connectivity index (χ4n) is 1.89. The van der Waals surface area contributed by atoms with E-state index in [0.29, 0.717) is 0 Å². The third-order valence-corrected chi connectivity index (χ3v) is 3.54. The third-order valence-electron chi connectivity index (χ3n) is 2.90. The second-order valence-electron chi connectivity index (χ2n) is 4.40. The molecule has 0 aliphatic heterocycles. The SMILES string of the molecule is Brc1cc(C=NNc2ccccc2)ccc1-n1cccn1. The lowest BCUT2D eigenvalue weighted by Gasteiger charge is -2.05. The molecular formula is C16H13BrN4. The van der Waals surface area contributed by atoms with Gasteiger partial charge in [-0.05, 0) is 51.8 Å². The highest BCUT2D eigenvalue weighted by molar-refractivity contribution is 9.10. The molecule has 0 aliphatic rings. The number of rotatable bonds is 4. The molecule has 3 aromatic rings. The van der Waals surface area contributed by atoms with Crippen LogP contribution in [-0.4, -0.2) is 16.0 Å². The van der Waals surface area contributed by atoms with Gasteiger partial charge in [-0.3, -0.25) is 5.43 Å². The van der Waals surface area contributed by atoms with Crippen LogP contribution in [0, 0.1) is 0 Å². The molecule has 0 aliphatic carbocycles. The number of hydrogen-bond donors (Lipinski definition) is 1. The van der Waals surface area contributed by atoms with Gasteiger partial charge in [0.2, 0.25) is 0 Å². The number of para-hydroxylation sites is 1. The van der Waals surface area contributed by atoms with Crippen LogP contribution in [0.15, 0.2) is 76.6 Å². The summed E-state index contributed by atoms with van der Waals surface area (Å²) in [5.74, 6) is 0. The minimum atomic E-state index is 0.959. The zero-order chi connectivity index (χ0) is 14.5. The predicted octanol–water partition coefficient (Wildman–Crippen LogP) is 4.08. The second-order valence-corrected chi connectivity index (χ2v) is 5.25. The van der Waals surface area contributed by atoms with Gasteiger partial charge in [0.15, 0.2) is 0 Å². The highest BCUT2D eigenvalue weighted by Gasteiger charge is 2.02. The Hall–Kier alpha value is -2.40. The van der Waals surface area contributed by atoms with Crippen molar-refractivity contribution in [3.8, 4) is 5.69 Å². The zero-order valence-electron chi connectivity index (χ0n) is 11.1. The quantitative estimate of drug-likeness (QED) is 0.574. The smallest absolute Gasteiger partial charge is 0.0787 e. The fraction of sp³-hybridized carbons (Fsp3) is 0. The van der Waals surface area contributed by atoms with Gasteiger partial charge in [-0.2, -0.15) is 10.2 Å². The maximum absolute atomic E-state index is 4.23. The highest BCUT2D eigenvalue weighted by Crippen LogP contribution is 2.21. The van der Waals surface area contributed by atoms with E-state index < -0.39 is 0 Å². The van der Waals surface area contributed by atoms with Gasteiger partial charge in [0.1, 0.15) is 0 Å². The summed E-state index contributed by atoms with van der Waals surface area (Å²) < 4.78 is 2.78. The Morgan fingerprint density at radius 3 is 2.67 bits per heavy atom. The first kappa shape index (κ1) is 13.6. The van der Waals surface area contributed by atoms with Crippen LogP contribution in [0.25, 0.3) is 5.69 Å². The van der Waals surface area contributed by atoms with E-state index >= 15 is 0 Å². The molecule has 0 unspecified atom stereocenters. The summed E-state index contributed by atoms with van der Waals surface area (Å²) in [5.41, 5.74) is 5.95. The van der Waals surface area contributed by atoms with Gasteiger partial charge in [-0.25, -0.2) is 4.68 Å². The first-order chi connectivity index (χ1) is 10.3. The van der Waals surface area contributed by atoms with E-state index in [1.165, 1.54) is 0 Å². The molecule has 0 saturated heterocycles. The van der Waals surface area contributed by atoms with E-state index in [2.05, 4.69) is 31.6 Å². The van der Waals surface area contributed by atoms with Gasteiger partial charge >= 0.3 is 0 Å². The van der Waals surface area contributed by atoms with Gasteiger partial charge in [0, 0.05) is 16.9 Å². The summed E-state index contributed by atoms with van der Waals surface area (Å²) in [4.78, 5) is 0. The number of hydrogen-bond acceptors (Lipinski definition) is 3. The molecule has 0 fully saturated rings. The Morgan fingerprint density at radius 2 is 1.95 bits per heavy atom. The van der Waals surface area contributed by atoms with Gasteiger partial charge in [0.05, 0.1) is 17.6 Å².